The van der Waals surface area contributed by atoms with Gasteiger partial charge in [-0.05, 0) is 55.3 Å². The van der Waals surface area contributed by atoms with Gasteiger partial charge in [-0.15, -0.1) is 10.2 Å². The van der Waals surface area contributed by atoms with Crippen LogP contribution in [0, 0.1) is 0 Å². The number of benzene rings is 4. The molecular weight excluding hydrogens is 618 g/mol. The fourth-order valence-electron chi connectivity index (χ4n) is 5.71. The number of anilines is 1. The maximum atomic E-state index is 14.1. The molecule has 0 fully saturated rings. The van der Waals surface area contributed by atoms with Crippen molar-refractivity contribution in [2.75, 3.05) is 11.9 Å². The van der Waals surface area contributed by atoms with Gasteiger partial charge in [0.25, 0.3) is 5.91 Å². The molecule has 0 aliphatic carbocycles. The first-order valence-electron chi connectivity index (χ1n) is 17.4. The number of amides is 1. The van der Waals surface area contributed by atoms with Crippen molar-refractivity contribution in [3.63, 3.8) is 0 Å². The fourth-order valence-corrected chi connectivity index (χ4v) is 5.71. The second kappa shape index (κ2) is 19.1. The number of hydrogen-bond acceptors (Lipinski definition) is 8. The molecule has 9 heteroatoms. The highest BCUT2D eigenvalue weighted by molar-refractivity contribution is 6.22. The van der Waals surface area contributed by atoms with Gasteiger partial charge in [-0.1, -0.05) is 114 Å². The third-order valence-corrected chi connectivity index (χ3v) is 8.21. The first kappa shape index (κ1) is 36.8. The Morgan fingerprint density at radius 2 is 1.37 bits per heavy atom. The highest BCUT2D eigenvalue weighted by Gasteiger charge is 2.31. The number of fused-ring (bicyclic) bond motifs is 1. The second-order valence-electron chi connectivity index (χ2n) is 12.0. The molecule has 2 N–H and O–H groups in total. The van der Waals surface area contributed by atoms with Crippen molar-refractivity contribution >= 4 is 45.7 Å². The highest BCUT2D eigenvalue weighted by atomic mass is 16.5. The molecule has 0 radical (unpaired) electrons. The number of phenolic OH excluding ortho intramolecular Hbond substituents is 1. The zero-order valence-electron chi connectivity index (χ0n) is 28.7. The normalized spacial score (nSPS) is 11.8. The molecule has 4 aromatic rings. The highest BCUT2D eigenvalue weighted by Crippen LogP contribution is 2.43. The lowest BCUT2D eigenvalue weighted by molar-refractivity contribution is 0.0248. The molecule has 49 heavy (non-hydrogen) atoms. The quantitative estimate of drug-likeness (QED) is 0.0618. The van der Waals surface area contributed by atoms with Crippen LogP contribution in [-0.4, -0.2) is 35.7 Å². The molecule has 258 valence electrons. The summed E-state index contributed by atoms with van der Waals surface area (Å²) < 4.78 is 11.4. The van der Waals surface area contributed by atoms with Crippen LogP contribution in [0.1, 0.15) is 116 Å². The summed E-state index contributed by atoms with van der Waals surface area (Å²) >= 11 is 0. The van der Waals surface area contributed by atoms with Gasteiger partial charge in [0.2, 0.25) is 0 Å². The van der Waals surface area contributed by atoms with Crippen LogP contribution in [0.25, 0.3) is 10.8 Å². The van der Waals surface area contributed by atoms with Crippen LogP contribution in [0.2, 0.25) is 0 Å². The van der Waals surface area contributed by atoms with Crippen LogP contribution in [0.4, 0.5) is 17.1 Å². The predicted molar refractivity (Wildman–Crippen MR) is 193 cm³/mol. The van der Waals surface area contributed by atoms with Gasteiger partial charge in [0.1, 0.15) is 23.0 Å². The van der Waals surface area contributed by atoms with Crippen LogP contribution < -0.4 is 5.32 Å². The topological polar surface area (TPSA) is 127 Å². The number of unbranched alkanes of at least 4 members (excludes halogenated alkanes) is 5. The van der Waals surface area contributed by atoms with E-state index < -0.39 is 23.6 Å². The number of azo groups is 1. The summed E-state index contributed by atoms with van der Waals surface area (Å²) in [6.45, 7) is 6.37. The van der Waals surface area contributed by atoms with E-state index in [-0.39, 0.29) is 40.8 Å². The number of esters is 2. The van der Waals surface area contributed by atoms with Crippen molar-refractivity contribution in [1.29, 1.82) is 0 Å². The molecule has 0 saturated heterocycles. The number of carbonyl (C=O) groups is 3. The van der Waals surface area contributed by atoms with Crippen molar-refractivity contribution < 1.29 is 29.0 Å². The van der Waals surface area contributed by atoms with Crippen LogP contribution in [-0.2, 0) is 9.47 Å². The van der Waals surface area contributed by atoms with Crippen LogP contribution in [0.3, 0.4) is 0 Å². The zero-order valence-corrected chi connectivity index (χ0v) is 28.7. The van der Waals surface area contributed by atoms with Gasteiger partial charge >= 0.3 is 11.9 Å². The Kier molecular flexibility index (Phi) is 14.3. The van der Waals surface area contributed by atoms with Crippen molar-refractivity contribution in [2.24, 2.45) is 10.2 Å². The average molecular weight is 666 g/mol. The number of aromatic hydroxyl groups is 1. The van der Waals surface area contributed by atoms with E-state index in [1.807, 2.05) is 19.9 Å². The van der Waals surface area contributed by atoms with E-state index in [0.29, 0.717) is 35.7 Å². The number of para-hydroxylation sites is 1. The molecular formula is C40H47N3O6. The third-order valence-electron chi connectivity index (χ3n) is 8.21. The van der Waals surface area contributed by atoms with Crippen molar-refractivity contribution in [3.05, 3.63) is 95.6 Å². The maximum Gasteiger partial charge on any atom is 0.343 e. The number of nitrogens with zero attached hydrogens (tertiary/aromatic N) is 2. The molecule has 1 atom stereocenters. The molecule has 1 amide bonds. The SMILES string of the molecule is CCCCCCCCC(CCC)OC(=O)c1c(O)c(N=Nc2ccccc2C(=O)OCCC)c2ccccc2c1C(=O)Nc1ccccc1. The molecule has 0 heterocycles. The Balaban J connectivity index is 1.79. The number of ether oxygens (including phenoxy) is 2. The molecule has 0 aromatic heterocycles. The Morgan fingerprint density at radius 1 is 0.694 bits per heavy atom. The van der Waals surface area contributed by atoms with E-state index >= 15 is 0 Å². The maximum absolute atomic E-state index is 14.1. The largest absolute Gasteiger partial charge is 0.505 e. The monoisotopic (exact) mass is 665 g/mol. The summed E-state index contributed by atoms with van der Waals surface area (Å²) in [5.74, 6) is -2.48. The first-order chi connectivity index (χ1) is 23.9. The molecule has 0 spiro atoms. The van der Waals surface area contributed by atoms with Gasteiger partial charge in [0.05, 0.1) is 17.7 Å². The summed E-state index contributed by atoms with van der Waals surface area (Å²) in [6.07, 6.45) is 9.06. The standard InChI is InChI=1S/C40H47N3O6/c1-4-7-8-9-10-14-22-29(19-5-2)49-40(47)35-34(38(45)41-28-20-12-11-13-21-28)30-23-15-16-24-31(30)36(37(35)44)43-42-33-26-18-17-25-32(33)39(46)48-27-6-3/h11-13,15-18,20-21,23-26,29,44H,4-10,14,19,22,27H2,1-3H3,(H,41,45). The number of carbonyl (C=O) groups excluding carboxylic acids is 3. The van der Waals surface area contributed by atoms with E-state index in [9.17, 15) is 19.5 Å². The van der Waals surface area contributed by atoms with E-state index in [0.717, 1.165) is 25.7 Å². The molecule has 4 aromatic carbocycles. The van der Waals surface area contributed by atoms with E-state index in [2.05, 4.69) is 22.5 Å². The lowest BCUT2D eigenvalue weighted by Crippen LogP contribution is -2.23. The predicted octanol–water partition coefficient (Wildman–Crippen LogP) is 10.9. The van der Waals surface area contributed by atoms with E-state index in [1.165, 1.54) is 19.3 Å². The van der Waals surface area contributed by atoms with E-state index in [1.54, 1.807) is 72.8 Å². The molecule has 0 aliphatic heterocycles. The van der Waals surface area contributed by atoms with Crippen molar-refractivity contribution in [1.82, 2.24) is 0 Å². The number of rotatable bonds is 18. The number of nitrogens with one attached hydrogen (secondary N) is 1. The fraction of sp³-hybridized carbons (Fsp3) is 0.375. The smallest absolute Gasteiger partial charge is 0.343 e. The molecule has 1 unspecified atom stereocenters. The molecule has 0 bridgehead atoms. The van der Waals surface area contributed by atoms with Crippen LogP contribution >= 0.6 is 0 Å². The minimum Gasteiger partial charge on any atom is -0.505 e. The van der Waals surface area contributed by atoms with Crippen molar-refractivity contribution in [3.8, 4) is 5.75 Å². The van der Waals surface area contributed by atoms with Crippen LogP contribution in [0.15, 0.2) is 89.1 Å². The van der Waals surface area contributed by atoms with Gasteiger partial charge in [-0.2, -0.15) is 0 Å². The van der Waals surface area contributed by atoms with Gasteiger partial charge in [0, 0.05) is 11.1 Å². The average Bonchev–Trinajstić information content (AvgIpc) is 3.11. The number of hydrogen-bond donors (Lipinski definition) is 2. The Labute approximate surface area is 288 Å². The molecule has 0 aliphatic rings. The lowest BCUT2D eigenvalue weighted by Gasteiger charge is -2.20. The van der Waals surface area contributed by atoms with Gasteiger partial charge in [-0.25, -0.2) is 9.59 Å². The molecule has 9 nitrogen and oxygen atoms in total. The summed E-state index contributed by atoms with van der Waals surface area (Å²) in [6, 6.07) is 22.4. The van der Waals surface area contributed by atoms with Gasteiger partial charge in [0.15, 0.2) is 5.75 Å². The minimum atomic E-state index is -0.814. The molecule has 4 rings (SSSR count). The third kappa shape index (κ3) is 9.98. The van der Waals surface area contributed by atoms with Crippen molar-refractivity contribution in [2.45, 2.75) is 91.1 Å². The summed E-state index contributed by atoms with van der Waals surface area (Å²) in [4.78, 5) is 40.8. The van der Waals surface area contributed by atoms with Gasteiger partial charge in [-0.3, -0.25) is 4.79 Å². The Morgan fingerprint density at radius 3 is 2.10 bits per heavy atom. The number of phenols is 1. The summed E-state index contributed by atoms with van der Waals surface area (Å²) in [5.41, 5.74) is 0.610. The second-order valence-corrected chi connectivity index (χ2v) is 12.0. The lowest BCUT2D eigenvalue weighted by atomic mass is 9.95. The first-order valence-corrected chi connectivity index (χ1v) is 17.4. The Hall–Kier alpha value is -5.05. The zero-order chi connectivity index (χ0) is 35.0. The molecule has 0 saturated carbocycles. The minimum absolute atomic E-state index is 0.0285. The van der Waals surface area contributed by atoms with E-state index in [4.69, 9.17) is 9.47 Å². The van der Waals surface area contributed by atoms with Crippen LogP contribution in [0.5, 0.6) is 5.75 Å². The summed E-state index contributed by atoms with van der Waals surface area (Å²) in [5, 5.41) is 24.2. The van der Waals surface area contributed by atoms with Gasteiger partial charge < -0.3 is 19.9 Å². The Bertz CT molecular complexity index is 1740. The summed E-state index contributed by atoms with van der Waals surface area (Å²) in [7, 11) is 0.